The van der Waals surface area contributed by atoms with Crippen LogP contribution in [0.25, 0.3) is 5.57 Å². The maximum atomic E-state index is 12.4. The number of methoxy groups -OCH3 is 1. The first-order valence-electron chi connectivity index (χ1n) is 9.72. The third-order valence-electron chi connectivity index (χ3n) is 5.41. The van der Waals surface area contributed by atoms with Crippen LogP contribution in [0.2, 0.25) is 0 Å². The number of benzene rings is 1. The van der Waals surface area contributed by atoms with Crippen LogP contribution in [0.4, 0.5) is 5.69 Å². The number of esters is 1. The molecule has 0 atom stereocenters. The van der Waals surface area contributed by atoms with Crippen LogP contribution < -0.4 is 10.1 Å². The second-order valence-electron chi connectivity index (χ2n) is 7.05. The number of aromatic amines is 1. The first-order chi connectivity index (χ1) is 13.6. The topological polar surface area (TPSA) is 80.4 Å². The minimum absolute atomic E-state index is 0.116. The average molecular weight is 380 g/mol. The van der Waals surface area contributed by atoms with Crippen molar-refractivity contribution in [2.45, 2.75) is 39.0 Å². The zero-order valence-electron chi connectivity index (χ0n) is 16.2. The summed E-state index contributed by atoms with van der Waals surface area (Å²) in [5.74, 6) is 0.297. The van der Waals surface area contributed by atoms with E-state index in [4.69, 9.17) is 9.47 Å². The van der Waals surface area contributed by atoms with Gasteiger partial charge in [-0.15, -0.1) is 0 Å². The van der Waals surface area contributed by atoms with E-state index in [1.807, 2.05) is 31.2 Å². The molecule has 28 heavy (non-hydrogen) atoms. The zero-order valence-corrected chi connectivity index (χ0v) is 16.2. The highest BCUT2D eigenvalue weighted by Crippen LogP contribution is 2.35. The Morgan fingerprint density at radius 1 is 1.21 bits per heavy atom. The van der Waals surface area contributed by atoms with Crippen molar-refractivity contribution in [3.63, 3.8) is 0 Å². The molecule has 4 rings (SSSR count). The number of nitrogens with one attached hydrogen (secondary N) is 2. The van der Waals surface area contributed by atoms with E-state index < -0.39 is 0 Å². The van der Waals surface area contributed by atoms with Crippen molar-refractivity contribution in [1.82, 2.24) is 4.98 Å². The van der Waals surface area contributed by atoms with Gasteiger partial charge in [0.15, 0.2) is 0 Å². The summed E-state index contributed by atoms with van der Waals surface area (Å²) < 4.78 is 10.5. The lowest BCUT2D eigenvalue weighted by Gasteiger charge is -2.13. The van der Waals surface area contributed by atoms with Crippen LogP contribution >= 0.6 is 0 Å². The molecule has 6 heteroatoms. The van der Waals surface area contributed by atoms with Crippen molar-refractivity contribution in [3.05, 3.63) is 52.4 Å². The van der Waals surface area contributed by atoms with Gasteiger partial charge >= 0.3 is 5.97 Å². The van der Waals surface area contributed by atoms with E-state index in [2.05, 4.69) is 10.3 Å². The van der Waals surface area contributed by atoms with Crippen molar-refractivity contribution < 1.29 is 19.1 Å². The summed E-state index contributed by atoms with van der Waals surface area (Å²) in [6.07, 6.45) is 6.50. The fourth-order valence-corrected chi connectivity index (χ4v) is 4.07. The van der Waals surface area contributed by atoms with E-state index in [1.165, 1.54) is 5.56 Å². The highest BCUT2D eigenvalue weighted by Gasteiger charge is 2.27. The predicted molar refractivity (Wildman–Crippen MR) is 107 cm³/mol. The number of hydrogen-bond donors (Lipinski definition) is 2. The summed E-state index contributed by atoms with van der Waals surface area (Å²) in [4.78, 5) is 28.1. The van der Waals surface area contributed by atoms with E-state index in [0.29, 0.717) is 30.0 Å². The maximum absolute atomic E-state index is 12.4. The number of rotatable bonds is 5. The highest BCUT2D eigenvalue weighted by molar-refractivity contribution is 6.31. The monoisotopic (exact) mass is 380 g/mol. The number of fused-ring (bicyclic) bond motifs is 2. The van der Waals surface area contributed by atoms with Crippen LogP contribution in [0.5, 0.6) is 5.75 Å². The molecule has 0 spiro atoms. The van der Waals surface area contributed by atoms with E-state index >= 15 is 0 Å². The molecule has 0 radical (unpaired) electrons. The smallest absolute Gasteiger partial charge is 0.355 e. The Labute approximate surface area is 163 Å². The van der Waals surface area contributed by atoms with Gasteiger partial charge in [-0.3, -0.25) is 4.79 Å². The number of hydrogen-bond acceptors (Lipinski definition) is 4. The molecule has 0 unspecified atom stereocenters. The van der Waals surface area contributed by atoms with Crippen molar-refractivity contribution in [2.24, 2.45) is 0 Å². The van der Waals surface area contributed by atoms with Crippen LogP contribution in [0.3, 0.4) is 0 Å². The third-order valence-corrected chi connectivity index (χ3v) is 5.41. The van der Waals surface area contributed by atoms with Crippen LogP contribution in [-0.2, 0) is 28.8 Å². The van der Waals surface area contributed by atoms with Crippen LogP contribution in [-0.4, -0.2) is 30.6 Å². The number of ether oxygens (including phenoxy) is 2. The molecule has 0 bridgehead atoms. The SMILES string of the molecule is CCOC(=O)c1[nH]c(CC=C2C(=O)Nc3ccc(OC)cc32)c2c1CCCC2. The lowest BCUT2D eigenvalue weighted by atomic mass is 9.91. The number of anilines is 1. The van der Waals surface area contributed by atoms with Crippen LogP contribution in [0.1, 0.15) is 52.6 Å². The summed E-state index contributed by atoms with van der Waals surface area (Å²) in [5.41, 5.74) is 6.11. The van der Waals surface area contributed by atoms with E-state index in [1.54, 1.807) is 7.11 Å². The molecule has 146 valence electrons. The van der Waals surface area contributed by atoms with Gasteiger partial charge in [-0.25, -0.2) is 4.79 Å². The molecule has 1 aromatic carbocycles. The average Bonchev–Trinajstić information content (AvgIpc) is 3.23. The summed E-state index contributed by atoms with van der Waals surface area (Å²) in [7, 11) is 1.61. The minimum Gasteiger partial charge on any atom is -0.497 e. The first kappa shape index (κ1) is 18.3. The van der Waals surface area contributed by atoms with Crippen LogP contribution in [0.15, 0.2) is 24.3 Å². The van der Waals surface area contributed by atoms with Gasteiger partial charge in [-0.1, -0.05) is 6.08 Å². The Bertz CT molecular complexity index is 971. The molecule has 0 fully saturated rings. The Kier molecular flexibility index (Phi) is 4.94. The van der Waals surface area contributed by atoms with Crippen molar-refractivity contribution in [1.29, 1.82) is 0 Å². The molecule has 2 heterocycles. The van der Waals surface area contributed by atoms with Gasteiger partial charge in [0, 0.05) is 28.9 Å². The zero-order chi connectivity index (χ0) is 19.7. The minimum atomic E-state index is -0.298. The quantitative estimate of drug-likeness (QED) is 0.613. The molecule has 6 nitrogen and oxygen atoms in total. The molecule has 1 amide bonds. The van der Waals surface area contributed by atoms with E-state index in [9.17, 15) is 9.59 Å². The number of aromatic nitrogens is 1. The summed E-state index contributed by atoms with van der Waals surface area (Å²) >= 11 is 0. The number of carbonyl (C=O) groups is 2. The first-order valence-corrected chi connectivity index (χ1v) is 9.72. The lowest BCUT2D eigenvalue weighted by Crippen LogP contribution is -2.10. The van der Waals surface area contributed by atoms with Gasteiger partial charge in [-0.2, -0.15) is 0 Å². The van der Waals surface area contributed by atoms with E-state index in [-0.39, 0.29) is 11.9 Å². The van der Waals surface area contributed by atoms with Gasteiger partial charge in [0.1, 0.15) is 11.4 Å². The van der Waals surface area contributed by atoms with Crippen molar-refractivity contribution in [3.8, 4) is 5.75 Å². The van der Waals surface area contributed by atoms with E-state index in [0.717, 1.165) is 48.2 Å². The number of carbonyl (C=O) groups excluding carboxylic acids is 2. The van der Waals surface area contributed by atoms with Gasteiger partial charge in [0.25, 0.3) is 5.91 Å². The van der Waals surface area contributed by atoms with Gasteiger partial charge in [0.2, 0.25) is 0 Å². The third kappa shape index (κ3) is 3.19. The molecule has 2 N–H and O–H groups in total. The van der Waals surface area contributed by atoms with Gasteiger partial charge < -0.3 is 19.8 Å². The largest absolute Gasteiger partial charge is 0.497 e. The molecule has 2 aromatic rings. The molecule has 1 aliphatic carbocycles. The summed E-state index contributed by atoms with van der Waals surface area (Å²) in [5, 5.41) is 2.89. The van der Waals surface area contributed by atoms with Crippen LogP contribution in [0, 0.1) is 0 Å². The Balaban J connectivity index is 1.67. The fourth-order valence-electron chi connectivity index (χ4n) is 4.07. The number of allylic oxidation sites excluding steroid dienone is 1. The van der Waals surface area contributed by atoms with Gasteiger partial charge in [-0.05, 0) is 61.9 Å². The molecular weight excluding hydrogens is 356 g/mol. The Morgan fingerprint density at radius 3 is 2.75 bits per heavy atom. The molecule has 2 aliphatic rings. The molecule has 0 saturated heterocycles. The highest BCUT2D eigenvalue weighted by atomic mass is 16.5. The summed E-state index contributed by atoms with van der Waals surface area (Å²) in [6, 6.07) is 5.55. The fraction of sp³-hybridized carbons (Fsp3) is 0.364. The maximum Gasteiger partial charge on any atom is 0.355 e. The normalized spacial score (nSPS) is 16.5. The number of H-pyrrole nitrogens is 1. The predicted octanol–water partition coefficient (Wildman–Crippen LogP) is 3.66. The molecular formula is C22H24N2O4. The second kappa shape index (κ2) is 7.54. The van der Waals surface area contributed by atoms with Gasteiger partial charge in [0.05, 0.1) is 13.7 Å². The second-order valence-corrected chi connectivity index (χ2v) is 7.05. The molecule has 1 aromatic heterocycles. The summed E-state index contributed by atoms with van der Waals surface area (Å²) in [6.45, 7) is 2.16. The number of amides is 1. The Morgan fingerprint density at radius 2 is 2.00 bits per heavy atom. The Hall–Kier alpha value is -3.02. The van der Waals surface area contributed by atoms with Crippen molar-refractivity contribution in [2.75, 3.05) is 19.0 Å². The standard InChI is InChI=1S/C22H24N2O4/c1-3-28-22(26)20-15-7-5-4-6-14(15)18(23-20)11-9-16-17-12-13(27-2)8-10-19(17)24-21(16)25/h8-10,12,23H,3-7,11H2,1-2H3,(H,24,25). The molecule has 1 aliphatic heterocycles. The molecule has 0 saturated carbocycles. The lowest BCUT2D eigenvalue weighted by molar-refractivity contribution is -0.110. The van der Waals surface area contributed by atoms with Crippen molar-refractivity contribution >= 4 is 23.1 Å².